The molecule has 2 aliphatic rings. The molecule has 3 rings (SSSR count). The van der Waals surface area contributed by atoms with E-state index in [1.807, 2.05) is 13.8 Å². The summed E-state index contributed by atoms with van der Waals surface area (Å²) in [5, 5.41) is 3.99. The molecular formula is C14H20N2O3S. The highest BCUT2D eigenvalue weighted by Gasteiger charge is 2.65. The summed E-state index contributed by atoms with van der Waals surface area (Å²) >= 11 is 0. The molecular weight excluding hydrogens is 276 g/mol. The van der Waals surface area contributed by atoms with Crippen molar-refractivity contribution in [3.05, 3.63) is 18.0 Å². The van der Waals surface area contributed by atoms with Crippen LogP contribution in [0.1, 0.15) is 38.8 Å². The zero-order valence-corrected chi connectivity index (χ0v) is 12.9. The van der Waals surface area contributed by atoms with Crippen LogP contribution in [0.15, 0.2) is 12.3 Å². The Hall–Kier alpha value is -1.17. The van der Waals surface area contributed by atoms with Gasteiger partial charge in [-0.15, -0.1) is 0 Å². The molecule has 2 atom stereocenters. The first-order valence-corrected chi connectivity index (χ1v) is 8.59. The second kappa shape index (κ2) is 3.93. The number of fused-ring (bicyclic) bond motifs is 2. The van der Waals surface area contributed by atoms with E-state index in [0.29, 0.717) is 24.5 Å². The van der Waals surface area contributed by atoms with E-state index >= 15 is 0 Å². The van der Waals surface area contributed by atoms with Crippen molar-refractivity contribution in [1.82, 2.24) is 9.19 Å². The minimum absolute atomic E-state index is 0.117. The Morgan fingerprint density at radius 1 is 1.45 bits per heavy atom. The average Bonchev–Trinajstić information content (AvgIpc) is 2.91. The van der Waals surface area contributed by atoms with Crippen LogP contribution in [0.3, 0.4) is 0 Å². The molecule has 1 aromatic rings. The van der Waals surface area contributed by atoms with Crippen LogP contribution in [-0.2, 0) is 14.8 Å². The average molecular weight is 296 g/mol. The molecule has 110 valence electrons. The molecule has 0 saturated heterocycles. The normalized spacial score (nSPS) is 31.9. The van der Waals surface area contributed by atoms with Gasteiger partial charge >= 0.3 is 0 Å². The number of carbonyl (C=O) groups is 1. The Labute approximate surface area is 119 Å². The van der Waals surface area contributed by atoms with Gasteiger partial charge in [0.15, 0.2) is 0 Å². The van der Waals surface area contributed by atoms with Crippen LogP contribution in [0.4, 0.5) is 0 Å². The van der Waals surface area contributed by atoms with Crippen LogP contribution in [-0.4, -0.2) is 29.1 Å². The summed E-state index contributed by atoms with van der Waals surface area (Å²) in [5.41, 5.74) is -0.303. The number of nitrogens with zero attached hydrogens (tertiary/aromatic N) is 2. The molecule has 1 heterocycles. The highest BCUT2D eigenvalue weighted by molar-refractivity contribution is 7.89. The van der Waals surface area contributed by atoms with Crippen molar-refractivity contribution in [2.45, 2.75) is 40.0 Å². The zero-order chi connectivity index (χ0) is 14.8. The summed E-state index contributed by atoms with van der Waals surface area (Å²) in [7, 11) is -3.59. The molecule has 1 aromatic heterocycles. The summed E-state index contributed by atoms with van der Waals surface area (Å²) in [6.45, 7) is 5.83. The van der Waals surface area contributed by atoms with E-state index in [0.717, 1.165) is 10.5 Å². The third-order valence-corrected chi connectivity index (χ3v) is 7.18. The molecule has 0 radical (unpaired) electrons. The van der Waals surface area contributed by atoms with Gasteiger partial charge in [-0.25, -0.2) is 8.42 Å². The van der Waals surface area contributed by atoms with Crippen molar-refractivity contribution in [1.29, 1.82) is 0 Å². The van der Waals surface area contributed by atoms with E-state index in [9.17, 15) is 13.2 Å². The highest BCUT2D eigenvalue weighted by atomic mass is 32.2. The zero-order valence-electron chi connectivity index (χ0n) is 12.1. The quantitative estimate of drug-likeness (QED) is 0.852. The maximum absolute atomic E-state index is 12.6. The molecule has 20 heavy (non-hydrogen) atoms. The Kier molecular flexibility index (Phi) is 2.71. The fraction of sp³-hybridized carbons (Fsp3) is 0.714. The molecule has 6 heteroatoms. The second-order valence-corrected chi connectivity index (χ2v) is 8.58. The van der Waals surface area contributed by atoms with Crippen LogP contribution < -0.4 is 0 Å². The number of aromatic nitrogens is 2. The van der Waals surface area contributed by atoms with E-state index in [1.54, 1.807) is 13.0 Å². The first kappa shape index (κ1) is 13.8. The van der Waals surface area contributed by atoms with E-state index in [-0.39, 0.29) is 17.0 Å². The molecule has 5 nitrogen and oxygen atoms in total. The van der Waals surface area contributed by atoms with E-state index in [4.69, 9.17) is 0 Å². The van der Waals surface area contributed by atoms with E-state index in [1.165, 1.54) is 6.20 Å². The monoisotopic (exact) mass is 296 g/mol. The van der Waals surface area contributed by atoms with Gasteiger partial charge in [0.05, 0.1) is 16.9 Å². The summed E-state index contributed by atoms with van der Waals surface area (Å²) < 4.78 is 26.2. The third kappa shape index (κ3) is 1.63. The second-order valence-electron chi connectivity index (χ2n) is 6.75. The molecule has 2 saturated carbocycles. The molecule has 2 fully saturated rings. The van der Waals surface area contributed by atoms with Gasteiger partial charge in [0.1, 0.15) is 5.78 Å². The third-order valence-electron chi connectivity index (χ3n) is 5.55. The molecule has 0 N–H and O–H groups in total. The van der Waals surface area contributed by atoms with Crippen LogP contribution in [0, 0.1) is 23.7 Å². The maximum Gasteiger partial charge on any atom is 0.254 e. The van der Waals surface area contributed by atoms with Crippen molar-refractivity contribution in [3.8, 4) is 0 Å². The van der Waals surface area contributed by atoms with Crippen molar-refractivity contribution in [2.75, 3.05) is 5.75 Å². The van der Waals surface area contributed by atoms with Gasteiger partial charge in [0.2, 0.25) is 0 Å². The number of rotatable bonds is 3. The van der Waals surface area contributed by atoms with Crippen molar-refractivity contribution < 1.29 is 13.2 Å². The Bertz CT molecular complexity index is 674. The summed E-state index contributed by atoms with van der Waals surface area (Å²) in [4.78, 5) is 12.4. The van der Waals surface area contributed by atoms with Crippen molar-refractivity contribution >= 4 is 15.8 Å². The minimum Gasteiger partial charge on any atom is -0.299 e. The topological polar surface area (TPSA) is 69.0 Å². The summed E-state index contributed by atoms with van der Waals surface area (Å²) in [6, 6.07) is 1.66. The number of carbonyl (C=O) groups excluding carboxylic acids is 1. The fourth-order valence-corrected chi connectivity index (χ4v) is 5.97. The summed E-state index contributed by atoms with van der Waals surface area (Å²) in [6.07, 6.45) is 3.62. The lowest BCUT2D eigenvalue weighted by Crippen LogP contribution is -2.43. The van der Waals surface area contributed by atoms with Gasteiger partial charge in [-0.2, -0.15) is 9.19 Å². The maximum atomic E-state index is 12.6. The molecule has 0 amide bonds. The number of ketones is 1. The fourth-order valence-electron chi connectivity index (χ4n) is 4.03. The van der Waals surface area contributed by atoms with E-state index < -0.39 is 15.4 Å². The highest BCUT2D eigenvalue weighted by Crippen LogP contribution is 2.64. The lowest BCUT2D eigenvalue weighted by molar-refractivity contribution is -0.128. The summed E-state index contributed by atoms with van der Waals surface area (Å²) in [5.74, 6) is 0.319. The molecule has 0 spiro atoms. The van der Waals surface area contributed by atoms with Gasteiger partial charge in [-0.1, -0.05) is 13.8 Å². The van der Waals surface area contributed by atoms with Gasteiger partial charge in [0.25, 0.3) is 10.0 Å². The van der Waals surface area contributed by atoms with Gasteiger partial charge in [-0.3, -0.25) is 4.79 Å². The van der Waals surface area contributed by atoms with Crippen molar-refractivity contribution in [2.24, 2.45) is 16.7 Å². The molecule has 0 aromatic carbocycles. The largest absolute Gasteiger partial charge is 0.299 e. The molecule has 0 unspecified atom stereocenters. The Balaban J connectivity index is 2.00. The van der Waals surface area contributed by atoms with Gasteiger partial charge in [0, 0.05) is 12.6 Å². The standard InChI is InChI=1S/C14H20N2O3S/c1-10-5-7-16(15-10)20(18,19)9-14-6-4-11(8-12(14)17)13(14,2)3/h5,7,11H,4,6,8-9H2,1-3H3/t11-,14+/m1/s1. The Morgan fingerprint density at radius 2 is 2.15 bits per heavy atom. The van der Waals surface area contributed by atoms with Crippen LogP contribution in [0.5, 0.6) is 0 Å². The lowest BCUT2D eigenvalue weighted by atomic mass is 9.70. The molecule has 0 aliphatic heterocycles. The van der Waals surface area contributed by atoms with Crippen LogP contribution >= 0.6 is 0 Å². The smallest absolute Gasteiger partial charge is 0.254 e. The molecule has 2 bridgehead atoms. The number of aryl methyl sites for hydroxylation is 1. The molecule has 2 aliphatic carbocycles. The predicted molar refractivity (Wildman–Crippen MR) is 74.7 cm³/mol. The lowest BCUT2D eigenvalue weighted by Gasteiger charge is -2.35. The number of Topliss-reactive ketones (excluding diaryl/α,β-unsaturated/α-hetero) is 1. The van der Waals surface area contributed by atoms with Gasteiger partial charge in [-0.05, 0) is 37.2 Å². The van der Waals surface area contributed by atoms with Gasteiger partial charge < -0.3 is 0 Å². The van der Waals surface area contributed by atoms with Crippen LogP contribution in [0.2, 0.25) is 0 Å². The first-order chi connectivity index (χ1) is 9.19. The number of hydrogen-bond acceptors (Lipinski definition) is 4. The predicted octanol–water partition coefficient (Wildman–Crippen LogP) is 1.76. The SMILES string of the molecule is Cc1ccn(S(=O)(=O)C[C@@]23CC[C@H](CC2=O)C3(C)C)n1. The Morgan fingerprint density at radius 3 is 2.60 bits per heavy atom. The van der Waals surface area contributed by atoms with E-state index in [2.05, 4.69) is 5.10 Å². The minimum atomic E-state index is -3.59. The first-order valence-electron chi connectivity index (χ1n) is 6.98. The number of hydrogen-bond donors (Lipinski definition) is 0. The van der Waals surface area contributed by atoms with Crippen LogP contribution in [0.25, 0.3) is 0 Å². The van der Waals surface area contributed by atoms with Crippen molar-refractivity contribution in [3.63, 3.8) is 0 Å².